The standard InChI is InChI=1S/C13H20N6O/c1-4-14-13-16-11-10(5-15-18-11)12(17-13)19-6-8(2)20-9(3)7-19/h5,8-9H,4,6-7H2,1-3H3,(H2,14,15,16,17,18). The number of nitrogens with one attached hydrogen (secondary N) is 2. The maximum Gasteiger partial charge on any atom is 0.226 e. The van der Waals surface area contributed by atoms with Gasteiger partial charge in [-0.15, -0.1) is 0 Å². The van der Waals surface area contributed by atoms with Gasteiger partial charge in [0.1, 0.15) is 5.82 Å². The van der Waals surface area contributed by atoms with Crippen LogP contribution in [-0.4, -0.2) is 52.0 Å². The molecule has 1 saturated heterocycles. The lowest BCUT2D eigenvalue weighted by Gasteiger charge is -2.36. The van der Waals surface area contributed by atoms with Crippen LogP contribution in [-0.2, 0) is 4.74 Å². The number of ether oxygens (including phenoxy) is 1. The fourth-order valence-corrected chi connectivity index (χ4v) is 2.65. The Balaban J connectivity index is 2.02. The van der Waals surface area contributed by atoms with E-state index in [2.05, 4.69) is 44.2 Å². The second kappa shape index (κ2) is 5.24. The van der Waals surface area contributed by atoms with E-state index in [4.69, 9.17) is 4.74 Å². The second-order valence-corrected chi connectivity index (χ2v) is 5.20. The van der Waals surface area contributed by atoms with Gasteiger partial charge in [0.25, 0.3) is 0 Å². The molecule has 0 aromatic carbocycles. The molecule has 1 aliphatic rings. The quantitative estimate of drug-likeness (QED) is 0.882. The molecule has 108 valence electrons. The zero-order chi connectivity index (χ0) is 14.1. The number of H-pyrrole nitrogens is 1. The van der Waals surface area contributed by atoms with Gasteiger partial charge in [-0.2, -0.15) is 15.1 Å². The summed E-state index contributed by atoms with van der Waals surface area (Å²) >= 11 is 0. The van der Waals surface area contributed by atoms with Gasteiger partial charge in [0.15, 0.2) is 5.65 Å². The largest absolute Gasteiger partial charge is 0.372 e. The number of fused-ring (bicyclic) bond motifs is 1. The normalized spacial score (nSPS) is 23.2. The smallest absolute Gasteiger partial charge is 0.226 e. The van der Waals surface area contributed by atoms with Crippen LogP contribution in [0.2, 0.25) is 0 Å². The van der Waals surface area contributed by atoms with Crippen molar-refractivity contribution >= 4 is 22.8 Å². The topological polar surface area (TPSA) is 79.0 Å². The Labute approximate surface area is 117 Å². The monoisotopic (exact) mass is 276 g/mol. The molecule has 2 aromatic rings. The Morgan fingerprint density at radius 2 is 2.10 bits per heavy atom. The van der Waals surface area contributed by atoms with Gasteiger partial charge in [0.05, 0.1) is 23.8 Å². The van der Waals surface area contributed by atoms with Gasteiger partial charge >= 0.3 is 0 Å². The maximum atomic E-state index is 5.79. The molecule has 1 aliphatic heterocycles. The molecular formula is C13H20N6O. The van der Waals surface area contributed by atoms with Crippen LogP contribution in [0.1, 0.15) is 20.8 Å². The molecule has 3 heterocycles. The molecule has 0 bridgehead atoms. The first-order chi connectivity index (χ1) is 9.67. The van der Waals surface area contributed by atoms with E-state index in [9.17, 15) is 0 Å². The Morgan fingerprint density at radius 3 is 2.80 bits per heavy atom. The highest BCUT2D eigenvalue weighted by Gasteiger charge is 2.25. The average Bonchev–Trinajstić information content (AvgIpc) is 2.85. The van der Waals surface area contributed by atoms with Crippen molar-refractivity contribution in [1.29, 1.82) is 0 Å². The number of nitrogens with zero attached hydrogens (tertiary/aromatic N) is 4. The molecule has 2 aromatic heterocycles. The molecule has 7 heteroatoms. The Hall–Kier alpha value is -1.89. The molecule has 0 radical (unpaired) electrons. The van der Waals surface area contributed by atoms with Crippen LogP contribution in [0.25, 0.3) is 11.0 Å². The Bertz CT molecular complexity index is 588. The van der Waals surface area contributed by atoms with E-state index in [0.29, 0.717) is 5.95 Å². The van der Waals surface area contributed by atoms with Crippen molar-refractivity contribution in [3.05, 3.63) is 6.20 Å². The van der Waals surface area contributed by atoms with Crippen LogP contribution < -0.4 is 10.2 Å². The van der Waals surface area contributed by atoms with Crippen LogP contribution in [0, 0.1) is 0 Å². The van der Waals surface area contributed by atoms with Crippen LogP contribution in [0.3, 0.4) is 0 Å². The highest BCUT2D eigenvalue weighted by atomic mass is 16.5. The summed E-state index contributed by atoms with van der Waals surface area (Å²) in [6, 6.07) is 0. The van der Waals surface area contributed by atoms with Crippen LogP contribution >= 0.6 is 0 Å². The highest BCUT2D eigenvalue weighted by Crippen LogP contribution is 2.26. The lowest BCUT2D eigenvalue weighted by Crippen LogP contribution is -2.46. The van der Waals surface area contributed by atoms with E-state index < -0.39 is 0 Å². The number of rotatable bonds is 3. The molecule has 2 atom stereocenters. The van der Waals surface area contributed by atoms with Gasteiger partial charge in [-0.1, -0.05) is 0 Å². The van der Waals surface area contributed by atoms with Crippen LogP contribution in [0.5, 0.6) is 0 Å². The van der Waals surface area contributed by atoms with E-state index in [1.54, 1.807) is 6.20 Å². The third-order valence-corrected chi connectivity index (χ3v) is 3.34. The summed E-state index contributed by atoms with van der Waals surface area (Å²) in [6.07, 6.45) is 2.17. The molecule has 0 amide bonds. The molecule has 2 unspecified atom stereocenters. The minimum Gasteiger partial charge on any atom is -0.372 e. The van der Waals surface area contributed by atoms with Gasteiger partial charge in [-0.25, -0.2) is 0 Å². The summed E-state index contributed by atoms with van der Waals surface area (Å²) in [5, 5.41) is 11.1. The first-order valence-electron chi connectivity index (χ1n) is 7.02. The lowest BCUT2D eigenvalue weighted by atomic mass is 10.2. The van der Waals surface area contributed by atoms with Gasteiger partial charge in [0.2, 0.25) is 5.95 Å². The molecule has 1 fully saturated rings. The number of aromatic amines is 1. The average molecular weight is 276 g/mol. The van der Waals surface area contributed by atoms with Crippen LogP contribution in [0.4, 0.5) is 11.8 Å². The SMILES string of the molecule is CCNc1nc(N2CC(C)OC(C)C2)c2cn[nH]c2n1. The predicted molar refractivity (Wildman–Crippen MR) is 78.1 cm³/mol. The minimum absolute atomic E-state index is 0.193. The molecular weight excluding hydrogens is 256 g/mol. The number of hydrogen-bond donors (Lipinski definition) is 2. The summed E-state index contributed by atoms with van der Waals surface area (Å²) in [4.78, 5) is 11.3. The minimum atomic E-state index is 0.193. The van der Waals surface area contributed by atoms with Crippen molar-refractivity contribution in [1.82, 2.24) is 20.2 Å². The number of morpholine rings is 1. The van der Waals surface area contributed by atoms with Crippen molar-refractivity contribution in [2.75, 3.05) is 29.9 Å². The van der Waals surface area contributed by atoms with Crippen LogP contribution in [0.15, 0.2) is 6.20 Å². The molecule has 20 heavy (non-hydrogen) atoms. The van der Waals surface area contributed by atoms with Crippen molar-refractivity contribution in [2.45, 2.75) is 33.0 Å². The first kappa shape index (κ1) is 13.1. The molecule has 0 saturated carbocycles. The zero-order valence-corrected chi connectivity index (χ0v) is 12.1. The van der Waals surface area contributed by atoms with Crippen molar-refractivity contribution in [3.63, 3.8) is 0 Å². The van der Waals surface area contributed by atoms with E-state index in [0.717, 1.165) is 36.5 Å². The predicted octanol–water partition coefficient (Wildman–Crippen LogP) is 1.40. The lowest BCUT2D eigenvalue weighted by molar-refractivity contribution is -0.00536. The third-order valence-electron chi connectivity index (χ3n) is 3.34. The Morgan fingerprint density at radius 1 is 1.35 bits per heavy atom. The third kappa shape index (κ3) is 2.40. The summed E-state index contributed by atoms with van der Waals surface area (Å²) in [7, 11) is 0. The summed E-state index contributed by atoms with van der Waals surface area (Å²) in [6.45, 7) is 8.64. The van der Waals surface area contributed by atoms with Crippen molar-refractivity contribution in [2.24, 2.45) is 0 Å². The Kier molecular flexibility index (Phi) is 3.43. The molecule has 7 nitrogen and oxygen atoms in total. The van der Waals surface area contributed by atoms with Gasteiger partial charge in [-0.3, -0.25) is 5.10 Å². The van der Waals surface area contributed by atoms with Crippen molar-refractivity contribution < 1.29 is 4.74 Å². The first-order valence-corrected chi connectivity index (χ1v) is 7.02. The number of anilines is 2. The fourth-order valence-electron chi connectivity index (χ4n) is 2.65. The maximum absolute atomic E-state index is 5.79. The van der Waals surface area contributed by atoms with Gasteiger partial charge < -0.3 is 15.0 Å². The second-order valence-electron chi connectivity index (χ2n) is 5.20. The van der Waals surface area contributed by atoms with Gasteiger partial charge in [0, 0.05) is 19.6 Å². The fraction of sp³-hybridized carbons (Fsp3) is 0.615. The van der Waals surface area contributed by atoms with E-state index in [1.807, 2.05) is 6.92 Å². The molecule has 0 spiro atoms. The van der Waals surface area contributed by atoms with Crippen molar-refractivity contribution in [3.8, 4) is 0 Å². The molecule has 0 aliphatic carbocycles. The number of hydrogen-bond acceptors (Lipinski definition) is 6. The van der Waals surface area contributed by atoms with E-state index in [1.165, 1.54) is 0 Å². The highest BCUT2D eigenvalue weighted by molar-refractivity contribution is 5.87. The summed E-state index contributed by atoms with van der Waals surface area (Å²) in [5.74, 6) is 1.55. The van der Waals surface area contributed by atoms with Gasteiger partial charge in [-0.05, 0) is 20.8 Å². The number of aromatic nitrogens is 4. The molecule has 3 rings (SSSR count). The zero-order valence-electron chi connectivity index (χ0n) is 12.1. The van der Waals surface area contributed by atoms with E-state index >= 15 is 0 Å². The molecule has 2 N–H and O–H groups in total. The summed E-state index contributed by atoms with van der Waals surface area (Å²) < 4.78 is 5.79. The summed E-state index contributed by atoms with van der Waals surface area (Å²) in [5.41, 5.74) is 0.762. The van der Waals surface area contributed by atoms with E-state index in [-0.39, 0.29) is 12.2 Å².